The lowest BCUT2D eigenvalue weighted by atomic mass is 9.91. The van der Waals surface area contributed by atoms with Crippen molar-refractivity contribution in [2.24, 2.45) is 11.8 Å². The van der Waals surface area contributed by atoms with Crippen LogP contribution >= 0.6 is 11.6 Å². The van der Waals surface area contributed by atoms with Gasteiger partial charge >= 0.3 is 12.0 Å². The van der Waals surface area contributed by atoms with Crippen molar-refractivity contribution in [2.45, 2.75) is 60.6 Å². The Labute approximate surface area is 189 Å². The summed E-state index contributed by atoms with van der Waals surface area (Å²) in [4.78, 5) is 25.4. The number of carbonyl (C=O) groups excluding carboxylic acids is 2. The van der Waals surface area contributed by atoms with Gasteiger partial charge in [-0.2, -0.15) is 0 Å². The highest BCUT2D eigenvalue weighted by Crippen LogP contribution is 2.41. The maximum Gasteiger partial charge on any atom is 0.338 e. The van der Waals surface area contributed by atoms with E-state index in [2.05, 4.69) is 10.6 Å². The van der Waals surface area contributed by atoms with Crippen LogP contribution in [0.2, 0.25) is 5.02 Å². The third kappa shape index (κ3) is 6.29. The van der Waals surface area contributed by atoms with E-state index in [1.165, 1.54) is 0 Å². The Kier molecular flexibility index (Phi) is 8.62. The van der Waals surface area contributed by atoms with Crippen LogP contribution in [0.5, 0.6) is 11.5 Å². The molecule has 2 amide bonds. The summed E-state index contributed by atoms with van der Waals surface area (Å²) in [5, 5.41) is 5.93. The molecule has 0 aliphatic carbocycles. The number of rotatable bonds is 9. The van der Waals surface area contributed by atoms with Gasteiger partial charge < -0.3 is 24.8 Å². The number of halogens is 1. The number of ether oxygens (including phenoxy) is 3. The quantitative estimate of drug-likeness (QED) is 0.515. The van der Waals surface area contributed by atoms with E-state index in [-0.39, 0.29) is 12.0 Å². The molecule has 2 N–H and O–H groups in total. The molecule has 0 saturated heterocycles. The third-order valence-corrected chi connectivity index (χ3v) is 4.75. The number of esters is 1. The molecule has 7 nitrogen and oxygen atoms in total. The van der Waals surface area contributed by atoms with E-state index in [0.29, 0.717) is 52.5 Å². The summed E-state index contributed by atoms with van der Waals surface area (Å²) in [7, 11) is 0. The molecule has 0 saturated carbocycles. The van der Waals surface area contributed by atoms with Crippen molar-refractivity contribution in [3.63, 3.8) is 0 Å². The zero-order valence-corrected chi connectivity index (χ0v) is 20.1. The van der Waals surface area contributed by atoms with Gasteiger partial charge in [0.25, 0.3) is 0 Å². The van der Waals surface area contributed by atoms with Crippen molar-refractivity contribution in [1.82, 2.24) is 10.6 Å². The minimum absolute atomic E-state index is 0.0984. The molecular formula is C23H33ClN2O5. The normalized spacial score (nSPS) is 16.5. The fourth-order valence-electron chi connectivity index (χ4n) is 3.20. The van der Waals surface area contributed by atoms with Gasteiger partial charge in [-0.3, -0.25) is 0 Å². The molecule has 1 aromatic rings. The van der Waals surface area contributed by atoms with Gasteiger partial charge in [-0.25, -0.2) is 9.59 Å². The van der Waals surface area contributed by atoms with Crippen molar-refractivity contribution in [2.75, 3.05) is 13.2 Å². The molecular weight excluding hydrogens is 420 g/mol. The Morgan fingerprint density at radius 1 is 1.13 bits per heavy atom. The van der Waals surface area contributed by atoms with Gasteiger partial charge in [-0.15, -0.1) is 0 Å². The van der Waals surface area contributed by atoms with Crippen LogP contribution < -0.4 is 20.1 Å². The van der Waals surface area contributed by atoms with E-state index in [1.54, 1.807) is 26.0 Å². The van der Waals surface area contributed by atoms with Crippen LogP contribution in [0, 0.1) is 11.8 Å². The van der Waals surface area contributed by atoms with Crippen molar-refractivity contribution in [1.29, 1.82) is 0 Å². The molecule has 0 spiro atoms. The Hall–Kier alpha value is -2.41. The van der Waals surface area contributed by atoms with Crippen molar-refractivity contribution < 1.29 is 23.8 Å². The smallest absolute Gasteiger partial charge is 0.338 e. The lowest BCUT2D eigenvalue weighted by Gasteiger charge is -2.31. The average Bonchev–Trinajstić information content (AvgIpc) is 2.65. The molecule has 1 atom stereocenters. The fraction of sp³-hybridized carbons (Fsp3) is 0.565. The molecule has 8 heteroatoms. The lowest BCUT2D eigenvalue weighted by Crippen LogP contribution is -2.47. The third-order valence-electron chi connectivity index (χ3n) is 4.47. The van der Waals surface area contributed by atoms with Crippen LogP contribution in [0.15, 0.2) is 23.4 Å². The van der Waals surface area contributed by atoms with E-state index in [1.807, 2.05) is 34.6 Å². The summed E-state index contributed by atoms with van der Waals surface area (Å²) in [5.41, 5.74) is 1.47. The van der Waals surface area contributed by atoms with E-state index >= 15 is 0 Å². The van der Waals surface area contributed by atoms with E-state index < -0.39 is 18.0 Å². The van der Waals surface area contributed by atoms with Gasteiger partial charge in [0.2, 0.25) is 0 Å². The predicted octanol–water partition coefficient (Wildman–Crippen LogP) is 4.99. The minimum atomic E-state index is -0.742. The van der Waals surface area contributed by atoms with Crippen molar-refractivity contribution in [3.05, 3.63) is 34.0 Å². The molecule has 1 aliphatic rings. The van der Waals surface area contributed by atoms with E-state index in [4.69, 9.17) is 25.8 Å². The first kappa shape index (κ1) is 24.9. The van der Waals surface area contributed by atoms with Gasteiger partial charge in [0.05, 0.1) is 36.0 Å². The first-order valence-electron chi connectivity index (χ1n) is 10.7. The molecule has 0 radical (unpaired) electrons. The number of hydrogen-bond donors (Lipinski definition) is 2. The molecule has 0 aromatic heterocycles. The van der Waals surface area contributed by atoms with Gasteiger partial charge in [0.15, 0.2) is 11.5 Å². The molecule has 172 valence electrons. The highest BCUT2D eigenvalue weighted by Gasteiger charge is 2.36. The van der Waals surface area contributed by atoms with Crippen LogP contribution in [0.25, 0.3) is 0 Å². The van der Waals surface area contributed by atoms with Gasteiger partial charge in [-0.1, -0.05) is 39.3 Å². The number of amides is 2. The summed E-state index contributed by atoms with van der Waals surface area (Å²) >= 11 is 6.55. The molecule has 1 heterocycles. The number of hydrogen-bond acceptors (Lipinski definition) is 5. The highest BCUT2D eigenvalue weighted by molar-refractivity contribution is 6.32. The largest absolute Gasteiger partial charge is 0.490 e. The standard InChI is InChI=1S/C23H33ClN2O5/c1-8-29-17-10-15(9-16(24)21(17)30-11-12(2)3)20-18(22(27)31-14(6)7)19(13(4)5)25-23(28)26-20/h9-10,12-14,20H,8,11H2,1-7H3,(H2,25,26,28). The van der Waals surface area contributed by atoms with Crippen molar-refractivity contribution in [3.8, 4) is 11.5 Å². The average molecular weight is 453 g/mol. The monoisotopic (exact) mass is 452 g/mol. The molecule has 0 bridgehead atoms. The first-order chi connectivity index (χ1) is 14.5. The summed E-state index contributed by atoms with van der Waals surface area (Å²) in [5.74, 6) is 0.619. The SMILES string of the molecule is CCOc1cc(C2NC(=O)NC(C(C)C)=C2C(=O)OC(C)C)cc(Cl)c1OCC(C)C. The van der Waals surface area contributed by atoms with Crippen LogP contribution in [-0.2, 0) is 9.53 Å². The second-order valence-corrected chi connectivity index (χ2v) is 8.84. The second kappa shape index (κ2) is 10.8. The molecule has 2 rings (SSSR count). The Morgan fingerprint density at radius 3 is 2.35 bits per heavy atom. The number of nitrogens with one attached hydrogen (secondary N) is 2. The minimum Gasteiger partial charge on any atom is -0.490 e. The second-order valence-electron chi connectivity index (χ2n) is 8.44. The van der Waals surface area contributed by atoms with Gasteiger partial charge in [0, 0.05) is 5.70 Å². The van der Waals surface area contributed by atoms with Crippen molar-refractivity contribution >= 4 is 23.6 Å². The van der Waals surface area contributed by atoms with E-state index in [0.717, 1.165) is 0 Å². The van der Waals surface area contributed by atoms with Crippen LogP contribution in [-0.4, -0.2) is 31.3 Å². The fourth-order valence-corrected chi connectivity index (χ4v) is 3.48. The summed E-state index contributed by atoms with van der Waals surface area (Å²) in [6.45, 7) is 14.2. The molecule has 1 aliphatic heterocycles. The number of allylic oxidation sites excluding steroid dienone is 1. The maximum atomic E-state index is 13.0. The Morgan fingerprint density at radius 2 is 1.81 bits per heavy atom. The predicted molar refractivity (Wildman–Crippen MR) is 120 cm³/mol. The number of carbonyl (C=O) groups is 2. The summed E-state index contributed by atoms with van der Waals surface area (Å²) in [6.07, 6.45) is -0.305. The van der Waals surface area contributed by atoms with E-state index in [9.17, 15) is 9.59 Å². The first-order valence-corrected chi connectivity index (χ1v) is 11.0. The number of benzene rings is 1. The zero-order valence-electron chi connectivity index (χ0n) is 19.3. The van der Waals surface area contributed by atoms with Gasteiger partial charge in [-0.05, 0) is 50.3 Å². The maximum absolute atomic E-state index is 13.0. The number of urea groups is 1. The Bertz CT molecular complexity index is 849. The molecule has 1 aromatic carbocycles. The molecule has 31 heavy (non-hydrogen) atoms. The van der Waals surface area contributed by atoms with Crippen LogP contribution in [0.3, 0.4) is 0 Å². The molecule has 0 fully saturated rings. The molecule has 1 unspecified atom stereocenters. The highest BCUT2D eigenvalue weighted by atomic mass is 35.5. The zero-order chi connectivity index (χ0) is 23.3. The lowest BCUT2D eigenvalue weighted by molar-refractivity contribution is -0.143. The summed E-state index contributed by atoms with van der Waals surface area (Å²) in [6, 6.07) is 2.30. The topological polar surface area (TPSA) is 85.9 Å². The van der Waals surface area contributed by atoms with Crippen LogP contribution in [0.1, 0.15) is 60.1 Å². The van der Waals surface area contributed by atoms with Crippen LogP contribution in [0.4, 0.5) is 4.79 Å². The Balaban J connectivity index is 2.60. The summed E-state index contributed by atoms with van der Waals surface area (Å²) < 4.78 is 17.1. The van der Waals surface area contributed by atoms with Gasteiger partial charge in [0.1, 0.15) is 0 Å².